The van der Waals surface area contributed by atoms with E-state index in [0.29, 0.717) is 19.4 Å². The third-order valence-electron chi connectivity index (χ3n) is 1.44. The van der Waals surface area contributed by atoms with E-state index in [0.717, 1.165) is 5.57 Å². The standard InChI is InChI=1S/C8H13N2O/c1-2-11-6-7-4-3-5-10-8(7)9/h3-5,10H,2,6,9H2,1H3. The fourth-order valence-electron chi connectivity index (χ4n) is 0.823. The lowest BCUT2D eigenvalue weighted by atomic mass is 10.2. The van der Waals surface area contributed by atoms with E-state index in [9.17, 15) is 0 Å². The minimum absolute atomic E-state index is 0.583. The molecular formula is C8H13N2O. The molecule has 1 aliphatic heterocycles. The highest BCUT2D eigenvalue weighted by atomic mass is 16.5. The lowest BCUT2D eigenvalue weighted by Crippen LogP contribution is -2.29. The molecule has 11 heavy (non-hydrogen) atoms. The SMILES string of the molecule is CCOCC1=CC=CN[C]1N. The summed E-state index contributed by atoms with van der Waals surface area (Å²) in [6.07, 6.45) is 6.33. The summed E-state index contributed by atoms with van der Waals surface area (Å²) < 4.78 is 5.20. The van der Waals surface area contributed by atoms with Crippen molar-refractivity contribution >= 4 is 0 Å². The summed E-state index contributed by atoms with van der Waals surface area (Å²) in [6.45, 7) is 3.26. The Bertz CT molecular complexity index is 175. The van der Waals surface area contributed by atoms with Gasteiger partial charge in [-0.15, -0.1) is 0 Å². The Labute approximate surface area is 66.9 Å². The quantitative estimate of drug-likeness (QED) is 0.621. The largest absolute Gasteiger partial charge is 0.377 e. The van der Waals surface area contributed by atoms with Crippen molar-refractivity contribution in [3.05, 3.63) is 30.1 Å². The summed E-state index contributed by atoms with van der Waals surface area (Å²) in [6, 6.07) is 0. The van der Waals surface area contributed by atoms with Crippen LogP contribution in [-0.2, 0) is 4.74 Å². The Morgan fingerprint density at radius 3 is 3.09 bits per heavy atom. The molecule has 61 valence electrons. The van der Waals surface area contributed by atoms with Crippen LogP contribution < -0.4 is 11.1 Å². The third-order valence-corrected chi connectivity index (χ3v) is 1.44. The predicted octanol–water partition coefficient (Wildman–Crippen LogP) is 0.514. The maximum Gasteiger partial charge on any atom is 0.152 e. The molecule has 0 bridgehead atoms. The number of allylic oxidation sites excluding steroid dienone is 2. The van der Waals surface area contributed by atoms with Gasteiger partial charge in [0.1, 0.15) is 0 Å². The summed E-state index contributed by atoms with van der Waals surface area (Å²) in [5.74, 6) is 0. The van der Waals surface area contributed by atoms with Crippen molar-refractivity contribution in [3.8, 4) is 0 Å². The highest BCUT2D eigenvalue weighted by Crippen LogP contribution is 2.08. The van der Waals surface area contributed by atoms with Crippen LogP contribution in [0.25, 0.3) is 0 Å². The minimum Gasteiger partial charge on any atom is -0.377 e. The summed E-state index contributed by atoms with van der Waals surface area (Å²) in [5, 5.41) is 2.91. The van der Waals surface area contributed by atoms with Gasteiger partial charge in [0.2, 0.25) is 0 Å². The molecule has 0 fully saturated rings. The van der Waals surface area contributed by atoms with E-state index in [4.69, 9.17) is 10.5 Å². The fraction of sp³-hybridized carbons (Fsp3) is 0.375. The zero-order chi connectivity index (χ0) is 8.10. The molecule has 1 rings (SSSR count). The van der Waals surface area contributed by atoms with E-state index in [1.54, 1.807) is 6.20 Å². The first-order valence-corrected chi connectivity index (χ1v) is 3.67. The molecule has 0 unspecified atom stereocenters. The number of hydrogen-bond donors (Lipinski definition) is 2. The number of nitrogens with two attached hydrogens (primary N) is 1. The van der Waals surface area contributed by atoms with E-state index in [-0.39, 0.29) is 0 Å². The van der Waals surface area contributed by atoms with Gasteiger partial charge in [-0.2, -0.15) is 0 Å². The van der Waals surface area contributed by atoms with Crippen LogP contribution in [0.15, 0.2) is 23.9 Å². The molecular weight excluding hydrogens is 140 g/mol. The summed E-state index contributed by atoms with van der Waals surface area (Å²) >= 11 is 0. The van der Waals surface area contributed by atoms with Gasteiger partial charge in [0.15, 0.2) is 6.17 Å². The van der Waals surface area contributed by atoms with Crippen LogP contribution in [0.3, 0.4) is 0 Å². The number of hydrogen-bond acceptors (Lipinski definition) is 3. The Morgan fingerprint density at radius 2 is 2.45 bits per heavy atom. The highest BCUT2D eigenvalue weighted by molar-refractivity contribution is 5.30. The van der Waals surface area contributed by atoms with Gasteiger partial charge in [-0.05, 0) is 24.8 Å². The molecule has 0 amide bonds. The molecule has 0 saturated carbocycles. The second-order valence-electron chi connectivity index (χ2n) is 2.25. The first kappa shape index (κ1) is 8.30. The first-order valence-electron chi connectivity index (χ1n) is 3.67. The van der Waals surface area contributed by atoms with Gasteiger partial charge in [0.25, 0.3) is 0 Å². The second-order valence-corrected chi connectivity index (χ2v) is 2.25. The Morgan fingerprint density at radius 1 is 1.64 bits per heavy atom. The average molecular weight is 153 g/mol. The van der Waals surface area contributed by atoms with Gasteiger partial charge in [-0.3, -0.25) is 0 Å². The molecule has 3 nitrogen and oxygen atoms in total. The maximum absolute atomic E-state index is 5.63. The molecule has 0 spiro atoms. The van der Waals surface area contributed by atoms with Crippen LogP contribution in [0.1, 0.15) is 6.92 Å². The van der Waals surface area contributed by atoms with Crippen molar-refractivity contribution in [2.24, 2.45) is 5.73 Å². The number of ether oxygens (including phenoxy) is 1. The first-order chi connectivity index (χ1) is 5.34. The van der Waals surface area contributed by atoms with Crippen molar-refractivity contribution in [2.45, 2.75) is 6.92 Å². The van der Waals surface area contributed by atoms with Crippen molar-refractivity contribution in [1.82, 2.24) is 5.32 Å². The second kappa shape index (κ2) is 4.16. The normalized spacial score (nSPS) is 17.8. The van der Waals surface area contributed by atoms with Crippen LogP contribution >= 0.6 is 0 Å². The molecule has 0 aromatic rings. The van der Waals surface area contributed by atoms with Gasteiger partial charge in [0.05, 0.1) is 6.61 Å². The molecule has 1 radical (unpaired) electrons. The Hall–Kier alpha value is -0.800. The van der Waals surface area contributed by atoms with E-state index >= 15 is 0 Å². The number of dihydropyridines is 1. The third kappa shape index (κ3) is 2.37. The molecule has 0 aliphatic carbocycles. The van der Waals surface area contributed by atoms with E-state index in [1.807, 2.05) is 19.1 Å². The molecule has 0 saturated heterocycles. The van der Waals surface area contributed by atoms with Gasteiger partial charge >= 0.3 is 0 Å². The lowest BCUT2D eigenvalue weighted by Gasteiger charge is -2.17. The van der Waals surface area contributed by atoms with Crippen LogP contribution in [0.4, 0.5) is 0 Å². The van der Waals surface area contributed by atoms with Crippen molar-refractivity contribution in [1.29, 1.82) is 0 Å². The fourth-order valence-corrected chi connectivity index (χ4v) is 0.823. The van der Waals surface area contributed by atoms with Gasteiger partial charge in [0, 0.05) is 6.61 Å². The smallest absolute Gasteiger partial charge is 0.152 e. The summed E-state index contributed by atoms with van der Waals surface area (Å²) in [7, 11) is 0. The lowest BCUT2D eigenvalue weighted by molar-refractivity contribution is 0.169. The molecule has 1 aliphatic rings. The average Bonchev–Trinajstić information content (AvgIpc) is 2.03. The minimum atomic E-state index is 0.583. The zero-order valence-electron chi connectivity index (χ0n) is 6.63. The van der Waals surface area contributed by atoms with E-state index < -0.39 is 0 Å². The molecule has 3 N–H and O–H groups in total. The van der Waals surface area contributed by atoms with Crippen molar-refractivity contribution in [2.75, 3.05) is 13.2 Å². The van der Waals surface area contributed by atoms with Gasteiger partial charge in [-0.25, -0.2) is 0 Å². The molecule has 0 aromatic heterocycles. The zero-order valence-corrected chi connectivity index (χ0v) is 6.63. The van der Waals surface area contributed by atoms with Crippen LogP contribution in [-0.4, -0.2) is 13.2 Å². The van der Waals surface area contributed by atoms with E-state index in [2.05, 4.69) is 5.32 Å². The summed E-state index contributed by atoms with van der Waals surface area (Å²) in [5.41, 5.74) is 6.63. The Kier molecular flexibility index (Phi) is 3.14. The number of nitrogens with one attached hydrogen (secondary N) is 1. The molecule has 0 aromatic carbocycles. The maximum atomic E-state index is 5.63. The van der Waals surface area contributed by atoms with Crippen LogP contribution in [0, 0.1) is 6.17 Å². The molecule has 1 heterocycles. The summed E-state index contributed by atoms with van der Waals surface area (Å²) in [4.78, 5) is 0. The van der Waals surface area contributed by atoms with Crippen molar-refractivity contribution < 1.29 is 4.74 Å². The predicted molar refractivity (Wildman–Crippen MR) is 44.3 cm³/mol. The van der Waals surface area contributed by atoms with Crippen molar-refractivity contribution in [3.63, 3.8) is 0 Å². The molecule has 0 atom stereocenters. The van der Waals surface area contributed by atoms with Gasteiger partial charge < -0.3 is 15.8 Å². The Balaban J connectivity index is 2.40. The highest BCUT2D eigenvalue weighted by Gasteiger charge is 2.09. The van der Waals surface area contributed by atoms with Crippen LogP contribution in [0.5, 0.6) is 0 Å². The monoisotopic (exact) mass is 153 g/mol. The van der Waals surface area contributed by atoms with Crippen LogP contribution in [0.2, 0.25) is 0 Å². The topological polar surface area (TPSA) is 47.3 Å². The molecule has 3 heteroatoms. The van der Waals surface area contributed by atoms with E-state index in [1.165, 1.54) is 0 Å². The van der Waals surface area contributed by atoms with Gasteiger partial charge in [-0.1, -0.05) is 6.08 Å². The number of rotatable bonds is 3.